The minimum Gasteiger partial charge on any atom is -0.342 e. The summed E-state index contributed by atoms with van der Waals surface area (Å²) in [7, 11) is -2.15. The summed E-state index contributed by atoms with van der Waals surface area (Å²) in [5.41, 5.74) is 2.42. The highest BCUT2D eigenvalue weighted by Crippen LogP contribution is 2.27. The van der Waals surface area contributed by atoms with Gasteiger partial charge in [0.15, 0.2) is 0 Å². The Labute approximate surface area is 163 Å². The normalized spacial score (nSPS) is 17.8. The van der Waals surface area contributed by atoms with Gasteiger partial charge in [-0.3, -0.25) is 4.79 Å². The van der Waals surface area contributed by atoms with E-state index in [0.717, 1.165) is 29.7 Å². The molecule has 0 bridgehead atoms. The van der Waals surface area contributed by atoms with Crippen LogP contribution < -0.4 is 4.72 Å². The third-order valence-electron chi connectivity index (χ3n) is 5.18. The molecule has 8 heteroatoms. The van der Waals surface area contributed by atoms with E-state index < -0.39 is 10.0 Å². The van der Waals surface area contributed by atoms with Crippen molar-refractivity contribution < 1.29 is 13.2 Å². The fourth-order valence-electron chi connectivity index (χ4n) is 3.63. The van der Waals surface area contributed by atoms with E-state index in [-0.39, 0.29) is 16.7 Å². The molecule has 4 rings (SSSR count). The molecule has 7 nitrogen and oxygen atoms in total. The minimum absolute atomic E-state index is 0.0887. The fourth-order valence-corrected chi connectivity index (χ4v) is 4.36. The first-order chi connectivity index (χ1) is 13.5. The van der Waals surface area contributed by atoms with Gasteiger partial charge in [-0.2, -0.15) is 0 Å². The van der Waals surface area contributed by atoms with Crippen LogP contribution in [0.1, 0.15) is 34.9 Å². The highest BCUT2D eigenvalue weighted by molar-refractivity contribution is 7.89. The van der Waals surface area contributed by atoms with E-state index in [4.69, 9.17) is 0 Å². The van der Waals surface area contributed by atoms with Gasteiger partial charge < -0.3 is 9.88 Å². The Morgan fingerprint density at radius 2 is 1.93 bits per heavy atom. The van der Waals surface area contributed by atoms with Crippen LogP contribution in [0.2, 0.25) is 0 Å². The summed E-state index contributed by atoms with van der Waals surface area (Å²) in [6.45, 7) is 1.28. The van der Waals surface area contributed by atoms with Crippen LogP contribution in [0.15, 0.2) is 53.4 Å². The van der Waals surface area contributed by atoms with Crippen molar-refractivity contribution in [2.24, 2.45) is 0 Å². The molecule has 2 aromatic carbocycles. The molecule has 1 amide bonds. The van der Waals surface area contributed by atoms with Crippen LogP contribution in [0.5, 0.6) is 0 Å². The van der Waals surface area contributed by atoms with Crippen molar-refractivity contribution in [2.45, 2.75) is 23.7 Å². The van der Waals surface area contributed by atoms with Crippen molar-refractivity contribution in [2.75, 3.05) is 20.1 Å². The summed E-state index contributed by atoms with van der Waals surface area (Å²) in [4.78, 5) is 22.9. The first-order valence-electron chi connectivity index (χ1n) is 9.25. The number of nitrogens with zero attached hydrogens (tertiary/aromatic N) is 2. The molecule has 146 valence electrons. The van der Waals surface area contributed by atoms with Crippen molar-refractivity contribution in [3.63, 3.8) is 0 Å². The van der Waals surface area contributed by atoms with Gasteiger partial charge in [0.2, 0.25) is 10.0 Å². The van der Waals surface area contributed by atoms with E-state index >= 15 is 0 Å². The Morgan fingerprint density at radius 3 is 2.64 bits per heavy atom. The zero-order valence-electron chi connectivity index (χ0n) is 15.6. The highest BCUT2D eigenvalue weighted by Gasteiger charge is 2.27. The zero-order chi connectivity index (χ0) is 19.7. The van der Waals surface area contributed by atoms with Gasteiger partial charge >= 0.3 is 0 Å². The number of rotatable bonds is 4. The standard InChI is InChI=1S/C20H22N4O3S/c1-21-28(26,27)16-10-8-14(9-11-16)20(25)24-12-4-5-15(13-24)19-22-17-6-2-3-7-18(17)23-19/h2-3,6-11,15,21H,4-5,12-13H2,1H3,(H,22,23). The largest absolute Gasteiger partial charge is 0.342 e. The number of piperidine rings is 1. The third kappa shape index (κ3) is 3.53. The number of likely N-dealkylation sites (tertiary alicyclic amines) is 1. The third-order valence-corrected chi connectivity index (χ3v) is 6.61. The summed E-state index contributed by atoms with van der Waals surface area (Å²) in [5.74, 6) is 0.984. The number of fused-ring (bicyclic) bond motifs is 1. The molecule has 0 saturated carbocycles. The van der Waals surface area contributed by atoms with Gasteiger partial charge in [0.05, 0.1) is 15.9 Å². The van der Waals surface area contributed by atoms with E-state index in [2.05, 4.69) is 14.7 Å². The summed E-state index contributed by atoms with van der Waals surface area (Å²) >= 11 is 0. The fraction of sp³-hybridized carbons (Fsp3) is 0.300. The topological polar surface area (TPSA) is 95.2 Å². The van der Waals surface area contributed by atoms with Crippen molar-refractivity contribution in [1.82, 2.24) is 19.6 Å². The Bertz CT molecular complexity index is 1070. The number of hydrogen-bond acceptors (Lipinski definition) is 4. The molecule has 1 atom stereocenters. The van der Waals surface area contributed by atoms with Crippen LogP contribution in [0.4, 0.5) is 0 Å². The highest BCUT2D eigenvalue weighted by atomic mass is 32.2. The SMILES string of the molecule is CNS(=O)(=O)c1ccc(C(=O)N2CCCC(c3nc4ccccc4[nH]3)C2)cc1. The van der Waals surface area contributed by atoms with E-state index in [0.29, 0.717) is 18.7 Å². The summed E-state index contributed by atoms with van der Waals surface area (Å²) in [5, 5.41) is 0. The predicted octanol–water partition coefficient (Wildman–Crippen LogP) is 2.49. The van der Waals surface area contributed by atoms with Crippen molar-refractivity contribution in [3.8, 4) is 0 Å². The quantitative estimate of drug-likeness (QED) is 0.706. The Hall–Kier alpha value is -2.71. The smallest absolute Gasteiger partial charge is 0.253 e. The molecule has 1 aromatic heterocycles. The van der Waals surface area contributed by atoms with Crippen LogP contribution in [-0.4, -0.2) is 49.3 Å². The molecule has 0 radical (unpaired) electrons. The summed E-state index contributed by atoms with van der Waals surface area (Å²) < 4.78 is 26.0. The molecule has 1 aliphatic rings. The minimum atomic E-state index is -3.51. The van der Waals surface area contributed by atoms with Gasteiger partial charge in [-0.25, -0.2) is 18.1 Å². The molecule has 1 saturated heterocycles. The lowest BCUT2D eigenvalue weighted by atomic mass is 9.96. The van der Waals surface area contributed by atoms with Crippen LogP contribution >= 0.6 is 0 Å². The first-order valence-corrected chi connectivity index (χ1v) is 10.7. The molecule has 1 aliphatic heterocycles. The first kappa shape index (κ1) is 18.6. The lowest BCUT2D eigenvalue weighted by molar-refractivity contribution is 0.0705. The van der Waals surface area contributed by atoms with Crippen LogP contribution in [0.25, 0.3) is 11.0 Å². The van der Waals surface area contributed by atoms with Crippen molar-refractivity contribution in [3.05, 3.63) is 59.9 Å². The summed E-state index contributed by atoms with van der Waals surface area (Å²) in [6.07, 6.45) is 1.88. The number of imidazole rings is 1. The number of carbonyl (C=O) groups excluding carboxylic acids is 1. The van der Waals surface area contributed by atoms with Crippen LogP contribution in [0.3, 0.4) is 0 Å². The maximum atomic E-state index is 12.9. The molecule has 1 fully saturated rings. The van der Waals surface area contributed by atoms with Gasteiger partial charge in [-0.15, -0.1) is 0 Å². The number of carbonyl (C=O) groups is 1. The second-order valence-electron chi connectivity index (χ2n) is 6.96. The number of benzene rings is 2. The predicted molar refractivity (Wildman–Crippen MR) is 107 cm³/mol. The number of H-pyrrole nitrogens is 1. The molecule has 0 spiro atoms. The number of amides is 1. The number of sulfonamides is 1. The molecule has 0 aliphatic carbocycles. The molecule has 1 unspecified atom stereocenters. The molecule has 3 aromatic rings. The Kier molecular flexibility index (Phi) is 4.91. The molecule has 2 heterocycles. The number of para-hydroxylation sites is 2. The monoisotopic (exact) mass is 398 g/mol. The number of aromatic amines is 1. The van der Waals surface area contributed by atoms with Crippen molar-refractivity contribution >= 4 is 27.0 Å². The summed E-state index contributed by atoms with van der Waals surface area (Å²) in [6, 6.07) is 14.0. The molecular formula is C20H22N4O3S. The van der Waals surface area contributed by atoms with E-state index in [1.807, 2.05) is 29.2 Å². The van der Waals surface area contributed by atoms with Crippen molar-refractivity contribution in [1.29, 1.82) is 0 Å². The average molecular weight is 398 g/mol. The average Bonchev–Trinajstić information content (AvgIpc) is 3.18. The van der Waals surface area contributed by atoms with E-state index in [1.54, 1.807) is 12.1 Å². The van der Waals surface area contributed by atoms with E-state index in [1.165, 1.54) is 19.2 Å². The van der Waals surface area contributed by atoms with Gasteiger partial charge in [-0.05, 0) is 56.3 Å². The van der Waals surface area contributed by atoms with Crippen LogP contribution in [0, 0.1) is 0 Å². The lowest BCUT2D eigenvalue weighted by Gasteiger charge is -2.32. The van der Waals surface area contributed by atoms with Gasteiger partial charge in [0, 0.05) is 24.6 Å². The molecular weight excluding hydrogens is 376 g/mol. The van der Waals surface area contributed by atoms with Crippen LogP contribution in [-0.2, 0) is 10.0 Å². The lowest BCUT2D eigenvalue weighted by Crippen LogP contribution is -2.39. The zero-order valence-corrected chi connectivity index (χ0v) is 16.4. The number of aromatic nitrogens is 2. The Balaban J connectivity index is 1.51. The second kappa shape index (κ2) is 7.37. The van der Waals surface area contributed by atoms with E-state index in [9.17, 15) is 13.2 Å². The van der Waals surface area contributed by atoms with Gasteiger partial charge in [0.1, 0.15) is 5.82 Å². The second-order valence-corrected chi connectivity index (χ2v) is 8.85. The van der Waals surface area contributed by atoms with Gasteiger partial charge in [-0.1, -0.05) is 12.1 Å². The van der Waals surface area contributed by atoms with Gasteiger partial charge in [0.25, 0.3) is 5.91 Å². The maximum Gasteiger partial charge on any atom is 0.253 e. The number of hydrogen-bond donors (Lipinski definition) is 2. The maximum absolute atomic E-state index is 12.9. The molecule has 2 N–H and O–H groups in total. The number of nitrogens with one attached hydrogen (secondary N) is 2. The molecule has 28 heavy (non-hydrogen) atoms. The Morgan fingerprint density at radius 1 is 1.18 bits per heavy atom.